The molecule has 1 aliphatic rings. The summed E-state index contributed by atoms with van der Waals surface area (Å²) >= 11 is 3.41. The van der Waals surface area contributed by atoms with Gasteiger partial charge in [0.05, 0.1) is 6.04 Å². The molecule has 1 aromatic carbocycles. The Labute approximate surface area is 114 Å². The van der Waals surface area contributed by atoms with Crippen LogP contribution < -0.4 is 5.32 Å². The maximum Gasteiger partial charge on any atom is 0.319 e. The number of nitrogens with one attached hydrogen (secondary N) is 1. The first kappa shape index (κ1) is 13.1. The van der Waals surface area contributed by atoms with E-state index in [9.17, 15) is 9.59 Å². The van der Waals surface area contributed by atoms with Gasteiger partial charge in [-0.05, 0) is 31.4 Å². The summed E-state index contributed by atoms with van der Waals surface area (Å²) in [5, 5.41) is 11.8. The largest absolute Gasteiger partial charge is 0.480 e. The van der Waals surface area contributed by atoms with Crippen molar-refractivity contribution in [3.8, 4) is 0 Å². The second-order valence-electron chi connectivity index (χ2n) is 4.60. The molecular formula is C13H14BrNO3. The highest BCUT2D eigenvalue weighted by Gasteiger charge is 2.57. The molecule has 2 rings (SSSR count). The standard InChI is InChI=1S/C13H14BrNO3/c1-8(9-4-2-3-5-10(9)14)15-11(16)13(6-7-13)12(17)18/h2-5,8H,6-7H2,1H3,(H,15,16)(H,17,18)/t8-/m1/s1. The third-order valence-corrected chi connectivity index (χ3v) is 4.04. The summed E-state index contributed by atoms with van der Waals surface area (Å²) in [6, 6.07) is 7.34. The topological polar surface area (TPSA) is 66.4 Å². The van der Waals surface area contributed by atoms with E-state index in [0.717, 1.165) is 10.0 Å². The van der Waals surface area contributed by atoms with Crippen LogP contribution in [-0.2, 0) is 9.59 Å². The van der Waals surface area contributed by atoms with Crippen molar-refractivity contribution in [2.75, 3.05) is 0 Å². The maximum absolute atomic E-state index is 12.0. The van der Waals surface area contributed by atoms with Gasteiger partial charge >= 0.3 is 5.97 Å². The highest BCUT2D eigenvalue weighted by molar-refractivity contribution is 9.10. The lowest BCUT2D eigenvalue weighted by atomic mass is 10.0. The molecule has 2 N–H and O–H groups in total. The summed E-state index contributed by atoms with van der Waals surface area (Å²) in [5.41, 5.74) is -0.248. The number of rotatable bonds is 4. The van der Waals surface area contributed by atoms with E-state index in [4.69, 9.17) is 5.11 Å². The highest BCUT2D eigenvalue weighted by atomic mass is 79.9. The van der Waals surface area contributed by atoms with Crippen LogP contribution in [0, 0.1) is 5.41 Å². The fourth-order valence-corrected chi connectivity index (χ4v) is 2.53. The molecule has 0 saturated heterocycles. The third kappa shape index (κ3) is 2.27. The first-order valence-electron chi connectivity index (χ1n) is 5.76. The van der Waals surface area contributed by atoms with Crippen LogP contribution in [0.4, 0.5) is 0 Å². The van der Waals surface area contributed by atoms with Crippen molar-refractivity contribution in [1.82, 2.24) is 5.32 Å². The number of hydrogen-bond acceptors (Lipinski definition) is 2. The van der Waals surface area contributed by atoms with Crippen molar-refractivity contribution < 1.29 is 14.7 Å². The van der Waals surface area contributed by atoms with Gasteiger partial charge in [0, 0.05) is 4.47 Å². The number of aliphatic carboxylic acids is 1. The number of hydrogen-bond donors (Lipinski definition) is 2. The van der Waals surface area contributed by atoms with Gasteiger partial charge < -0.3 is 10.4 Å². The van der Waals surface area contributed by atoms with Gasteiger partial charge in [-0.25, -0.2) is 0 Å². The number of carbonyl (C=O) groups is 2. The summed E-state index contributed by atoms with van der Waals surface area (Å²) in [5.74, 6) is -1.42. The Morgan fingerprint density at radius 2 is 2.00 bits per heavy atom. The molecule has 4 nitrogen and oxygen atoms in total. The Kier molecular flexibility index (Phi) is 3.43. The predicted molar refractivity (Wildman–Crippen MR) is 70.0 cm³/mol. The van der Waals surface area contributed by atoms with E-state index < -0.39 is 17.3 Å². The summed E-state index contributed by atoms with van der Waals surface area (Å²) in [6.45, 7) is 1.84. The van der Waals surface area contributed by atoms with Crippen molar-refractivity contribution in [3.63, 3.8) is 0 Å². The van der Waals surface area contributed by atoms with Crippen LogP contribution in [0.2, 0.25) is 0 Å². The Morgan fingerprint density at radius 3 is 2.50 bits per heavy atom. The van der Waals surface area contributed by atoms with Crippen molar-refractivity contribution >= 4 is 27.8 Å². The van der Waals surface area contributed by atoms with E-state index in [0.29, 0.717) is 12.8 Å². The molecule has 0 aromatic heterocycles. The summed E-state index contributed by atoms with van der Waals surface area (Å²) in [6.07, 6.45) is 0.855. The zero-order valence-corrected chi connectivity index (χ0v) is 11.5. The van der Waals surface area contributed by atoms with Gasteiger partial charge in [-0.1, -0.05) is 34.1 Å². The van der Waals surface area contributed by atoms with E-state index in [-0.39, 0.29) is 6.04 Å². The molecule has 0 heterocycles. The molecule has 0 bridgehead atoms. The molecule has 1 atom stereocenters. The van der Waals surface area contributed by atoms with E-state index in [2.05, 4.69) is 21.2 Å². The van der Waals surface area contributed by atoms with Crippen LogP contribution in [0.15, 0.2) is 28.7 Å². The fourth-order valence-electron chi connectivity index (χ4n) is 1.90. The van der Waals surface area contributed by atoms with Gasteiger partial charge in [-0.3, -0.25) is 9.59 Å². The first-order chi connectivity index (χ1) is 8.47. The minimum absolute atomic E-state index is 0.218. The molecule has 1 aromatic rings. The van der Waals surface area contributed by atoms with Gasteiger partial charge in [0.25, 0.3) is 0 Å². The smallest absolute Gasteiger partial charge is 0.319 e. The molecule has 1 aliphatic carbocycles. The maximum atomic E-state index is 12.0. The van der Waals surface area contributed by atoms with Gasteiger partial charge in [0.2, 0.25) is 5.91 Å². The number of halogens is 1. The molecule has 1 saturated carbocycles. The monoisotopic (exact) mass is 311 g/mol. The summed E-state index contributed by atoms with van der Waals surface area (Å²) < 4.78 is 0.901. The summed E-state index contributed by atoms with van der Waals surface area (Å²) in [4.78, 5) is 23.0. The molecule has 96 valence electrons. The third-order valence-electron chi connectivity index (χ3n) is 3.31. The van der Waals surface area contributed by atoms with Crippen LogP contribution in [0.25, 0.3) is 0 Å². The average Bonchev–Trinajstić information content (AvgIpc) is 3.10. The van der Waals surface area contributed by atoms with Crippen LogP contribution in [0.1, 0.15) is 31.4 Å². The first-order valence-corrected chi connectivity index (χ1v) is 6.55. The minimum atomic E-state index is -1.19. The van der Waals surface area contributed by atoms with Crippen LogP contribution >= 0.6 is 15.9 Å². The van der Waals surface area contributed by atoms with Gasteiger partial charge in [-0.2, -0.15) is 0 Å². The molecule has 5 heteroatoms. The Hall–Kier alpha value is -1.36. The highest BCUT2D eigenvalue weighted by Crippen LogP contribution is 2.46. The molecule has 18 heavy (non-hydrogen) atoms. The number of carboxylic acid groups (broad SMARTS) is 1. The van der Waals surface area contributed by atoms with Gasteiger partial charge in [-0.15, -0.1) is 0 Å². The number of carbonyl (C=O) groups excluding carboxylic acids is 1. The van der Waals surface area contributed by atoms with Crippen molar-refractivity contribution in [3.05, 3.63) is 34.3 Å². The minimum Gasteiger partial charge on any atom is -0.480 e. The molecular weight excluding hydrogens is 298 g/mol. The summed E-state index contributed by atoms with van der Waals surface area (Å²) in [7, 11) is 0. The Bertz CT molecular complexity index is 497. The lowest BCUT2D eigenvalue weighted by Crippen LogP contribution is -2.38. The van der Waals surface area contributed by atoms with Crippen LogP contribution in [0.5, 0.6) is 0 Å². The molecule has 0 spiro atoms. The van der Waals surface area contributed by atoms with Crippen LogP contribution in [-0.4, -0.2) is 17.0 Å². The second kappa shape index (κ2) is 4.72. The quantitative estimate of drug-likeness (QED) is 0.840. The normalized spacial score (nSPS) is 17.9. The molecule has 0 radical (unpaired) electrons. The number of amides is 1. The zero-order valence-electron chi connectivity index (χ0n) is 9.94. The van der Waals surface area contributed by atoms with E-state index in [1.54, 1.807) is 0 Å². The molecule has 1 amide bonds. The zero-order chi connectivity index (χ0) is 13.3. The Morgan fingerprint density at radius 1 is 1.39 bits per heavy atom. The average molecular weight is 312 g/mol. The van der Waals surface area contributed by atoms with Crippen molar-refractivity contribution in [1.29, 1.82) is 0 Å². The van der Waals surface area contributed by atoms with Crippen molar-refractivity contribution in [2.45, 2.75) is 25.8 Å². The predicted octanol–water partition coefficient (Wildman–Crippen LogP) is 2.49. The fraction of sp³-hybridized carbons (Fsp3) is 0.385. The lowest BCUT2D eigenvalue weighted by Gasteiger charge is -2.18. The SMILES string of the molecule is C[C@@H](NC(=O)C1(C(=O)O)CC1)c1ccccc1Br. The second-order valence-corrected chi connectivity index (χ2v) is 5.46. The number of carboxylic acids is 1. The van der Waals surface area contributed by atoms with Crippen molar-refractivity contribution in [2.24, 2.45) is 5.41 Å². The molecule has 0 unspecified atom stereocenters. The van der Waals surface area contributed by atoms with Gasteiger partial charge in [0.15, 0.2) is 0 Å². The van der Waals surface area contributed by atoms with E-state index in [1.807, 2.05) is 31.2 Å². The number of benzene rings is 1. The lowest BCUT2D eigenvalue weighted by molar-refractivity contribution is -0.149. The molecule has 0 aliphatic heterocycles. The van der Waals surface area contributed by atoms with E-state index >= 15 is 0 Å². The van der Waals surface area contributed by atoms with Crippen LogP contribution in [0.3, 0.4) is 0 Å². The van der Waals surface area contributed by atoms with Gasteiger partial charge in [0.1, 0.15) is 5.41 Å². The van der Waals surface area contributed by atoms with E-state index in [1.165, 1.54) is 0 Å². The molecule has 1 fully saturated rings. The Balaban J connectivity index is 2.09.